The Morgan fingerprint density at radius 2 is 1.75 bits per heavy atom. The Labute approximate surface area is 142 Å². The fourth-order valence-electron chi connectivity index (χ4n) is 2.34. The SMILES string of the molecule is Cc1cccc(C)c1OCC(C)NC(=O)NCc1ccc(F)cc1. The van der Waals surface area contributed by atoms with Crippen molar-refractivity contribution < 1.29 is 13.9 Å². The smallest absolute Gasteiger partial charge is 0.315 e. The fraction of sp³-hybridized carbons (Fsp3) is 0.316. The van der Waals surface area contributed by atoms with Crippen LogP contribution in [0.5, 0.6) is 5.75 Å². The summed E-state index contributed by atoms with van der Waals surface area (Å²) in [5, 5.41) is 5.56. The first kappa shape index (κ1) is 17.8. The average molecular weight is 330 g/mol. The predicted molar refractivity (Wildman–Crippen MR) is 92.6 cm³/mol. The quantitative estimate of drug-likeness (QED) is 0.848. The molecule has 24 heavy (non-hydrogen) atoms. The van der Waals surface area contributed by atoms with Gasteiger partial charge >= 0.3 is 6.03 Å². The molecule has 0 aromatic heterocycles. The van der Waals surface area contributed by atoms with E-state index in [0.717, 1.165) is 22.4 Å². The summed E-state index contributed by atoms with van der Waals surface area (Å²) < 4.78 is 18.6. The number of amides is 2. The molecule has 0 aliphatic rings. The highest BCUT2D eigenvalue weighted by molar-refractivity contribution is 5.74. The Kier molecular flexibility index (Phi) is 6.18. The molecule has 1 unspecified atom stereocenters. The molecular formula is C19H23FN2O2. The number of rotatable bonds is 6. The maximum Gasteiger partial charge on any atom is 0.315 e. The minimum atomic E-state index is -0.291. The topological polar surface area (TPSA) is 50.4 Å². The van der Waals surface area contributed by atoms with Crippen molar-refractivity contribution in [1.82, 2.24) is 10.6 Å². The van der Waals surface area contributed by atoms with Gasteiger partial charge < -0.3 is 15.4 Å². The zero-order valence-corrected chi connectivity index (χ0v) is 14.2. The molecule has 0 saturated carbocycles. The number of carbonyl (C=O) groups is 1. The molecule has 5 heteroatoms. The summed E-state index contributed by atoms with van der Waals surface area (Å²) >= 11 is 0. The van der Waals surface area contributed by atoms with E-state index in [-0.39, 0.29) is 17.9 Å². The molecule has 0 bridgehead atoms. The number of halogens is 1. The largest absolute Gasteiger partial charge is 0.491 e. The molecule has 2 N–H and O–H groups in total. The number of carbonyl (C=O) groups excluding carboxylic acids is 1. The lowest BCUT2D eigenvalue weighted by Gasteiger charge is -2.18. The van der Waals surface area contributed by atoms with Gasteiger partial charge in [-0.15, -0.1) is 0 Å². The summed E-state index contributed by atoms with van der Waals surface area (Å²) in [6.45, 7) is 6.60. The van der Waals surface area contributed by atoms with Crippen molar-refractivity contribution in [2.24, 2.45) is 0 Å². The van der Waals surface area contributed by atoms with E-state index < -0.39 is 0 Å². The van der Waals surface area contributed by atoms with E-state index in [4.69, 9.17) is 4.74 Å². The highest BCUT2D eigenvalue weighted by Crippen LogP contribution is 2.22. The fourth-order valence-corrected chi connectivity index (χ4v) is 2.34. The number of urea groups is 1. The highest BCUT2D eigenvalue weighted by Gasteiger charge is 2.10. The Bertz CT molecular complexity index is 666. The first-order valence-corrected chi connectivity index (χ1v) is 7.93. The molecule has 0 spiro atoms. The highest BCUT2D eigenvalue weighted by atomic mass is 19.1. The number of ether oxygens (including phenoxy) is 1. The minimum Gasteiger partial charge on any atom is -0.491 e. The van der Waals surface area contributed by atoms with Crippen LogP contribution in [0, 0.1) is 19.7 Å². The summed E-state index contributed by atoms with van der Waals surface area (Å²) in [5.41, 5.74) is 2.98. The molecule has 0 radical (unpaired) electrons. The average Bonchev–Trinajstić information content (AvgIpc) is 2.54. The van der Waals surface area contributed by atoms with E-state index >= 15 is 0 Å². The molecule has 2 aromatic carbocycles. The van der Waals surface area contributed by atoms with Crippen LogP contribution in [0.3, 0.4) is 0 Å². The van der Waals surface area contributed by atoms with Crippen LogP contribution in [0.2, 0.25) is 0 Å². The van der Waals surface area contributed by atoms with E-state index in [0.29, 0.717) is 13.2 Å². The van der Waals surface area contributed by atoms with Crippen LogP contribution in [-0.4, -0.2) is 18.7 Å². The molecule has 2 amide bonds. The van der Waals surface area contributed by atoms with Crippen LogP contribution in [0.1, 0.15) is 23.6 Å². The maximum absolute atomic E-state index is 12.8. The molecule has 0 aliphatic heterocycles. The van der Waals surface area contributed by atoms with Crippen LogP contribution in [0.4, 0.5) is 9.18 Å². The third-order valence-electron chi connectivity index (χ3n) is 3.63. The Morgan fingerprint density at radius 3 is 2.38 bits per heavy atom. The minimum absolute atomic E-state index is 0.141. The lowest BCUT2D eigenvalue weighted by Crippen LogP contribution is -2.43. The van der Waals surface area contributed by atoms with Gasteiger partial charge in [0.25, 0.3) is 0 Å². The molecule has 0 fully saturated rings. The van der Waals surface area contributed by atoms with Crippen LogP contribution in [-0.2, 0) is 6.54 Å². The lowest BCUT2D eigenvalue weighted by atomic mass is 10.1. The van der Waals surface area contributed by atoms with Gasteiger partial charge in [-0.25, -0.2) is 9.18 Å². The van der Waals surface area contributed by atoms with Crippen molar-refractivity contribution in [3.63, 3.8) is 0 Å². The van der Waals surface area contributed by atoms with Crippen LogP contribution < -0.4 is 15.4 Å². The number of nitrogens with one attached hydrogen (secondary N) is 2. The summed E-state index contributed by atoms with van der Waals surface area (Å²) in [6, 6.07) is 11.6. The first-order chi connectivity index (χ1) is 11.5. The van der Waals surface area contributed by atoms with Crippen molar-refractivity contribution in [2.45, 2.75) is 33.4 Å². The zero-order valence-electron chi connectivity index (χ0n) is 14.2. The van der Waals surface area contributed by atoms with Crippen LogP contribution in [0.15, 0.2) is 42.5 Å². The summed E-state index contributed by atoms with van der Waals surface area (Å²) in [4.78, 5) is 11.9. The molecule has 0 saturated heterocycles. The second kappa shape index (κ2) is 8.34. The van der Waals surface area contributed by atoms with Crippen molar-refractivity contribution in [2.75, 3.05) is 6.61 Å². The molecular weight excluding hydrogens is 307 g/mol. The lowest BCUT2D eigenvalue weighted by molar-refractivity contribution is 0.225. The van der Waals surface area contributed by atoms with E-state index in [1.807, 2.05) is 39.0 Å². The predicted octanol–water partition coefficient (Wildman–Crippen LogP) is 3.71. The Hall–Kier alpha value is -2.56. The van der Waals surface area contributed by atoms with Gasteiger partial charge in [-0.05, 0) is 49.6 Å². The molecule has 4 nitrogen and oxygen atoms in total. The van der Waals surface area contributed by atoms with E-state index in [1.165, 1.54) is 12.1 Å². The van der Waals surface area contributed by atoms with Gasteiger partial charge in [-0.3, -0.25) is 0 Å². The van der Waals surface area contributed by atoms with E-state index in [2.05, 4.69) is 10.6 Å². The standard InChI is InChI=1S/C19H23FN2O2/c1-13-5-4-6-14(2)18(13)24-12-15(3)22-19(23)21-11-16-7-9-17(20)10-8-16/h4-10,15H,11-12H2,1-3H3,(H2,21,22,23). The monoisotopic (exact) mass is 330 g/mol. The van der Waals surface area contributed by atoms with Gasteiger partial charge in [-0.2, -0.15) is 0 Å². The van der Waals surface area contributed by atoms with Gasteiger partial charge in [0.2, 0.25) is 0 Å². The second-order valence-corrected chi connectivity index (χ2v) is 5.89. The van der Waals surface area contributed by atoms with Gasteiger partial charge in [0.05, 0.1) is 6.04 Å². The van der Waals surface area contributed by atoms with Crippen molar-refractivity contribution >= 4 is 6.03 Å². The Morgan fingerprint density at radius 1 is 1.12 bits per heavy atom. The molecule has 128 valence electrons. The third kappa shape index (κ3) is 5.26. The number of aryl methyl sites for hydroxylation is 2. The summed E-state index contributed by atoms with van der Waals surface area (Å²) in [5.74, 6) is 0.568. The van der Waals surface area contributed by atoms with Crippen molar-refractivity contribution in [1.29, 1.82) is 0 Å². The second-order valence-electron chi connectivity index (χ2n) is 5.89. The third-order valence-corrected chi connectivity index (χ3v) is 3.63. The molecule has 1 atom stereocenters. The molecule has 0 heterocycles. The zero-order chi connectivity index (χ0) is 17.5. The maximum atomic E-state index is 12.8. The molecule has 2 rings (SSSR count). The molecule has 0 aliphatic carbocycles. The normalized spacial score (nSPS) is 11.7. The summed E-state index contributed by atoms with van der Waals surface area (Å²) in [7, 11) is 0. The number of hydrogen-bond donors (Lipinski definition) is 2. The first-order valence-electron chi connectivity index (χ1n) is 7.93. The van der Waals surface area contributed by atoms with Gasteiger partial charge in [0, 0.05) is 6.54 Å². The van der Waals surface area contributed by atoms with Crippen LogP contribution >= 0.6 is 0 Å². The van der Waals surface area contributed by atoms with Crippen LogP contribution in [0.25, 0.3) is 0 Å². The van der Waals surface area contributed by atoms with Gasteiger partial charge in [-0.1, -0.05) is 30.3 Å². The van der Waals surface area contributed by atoms with Gasteiger partial charge in [0.15, 0.2) is 0 Å². The summed E-state index contributed by atoms with van der Waals surface area (Å²) in [6.07, 6.45) is 0. The number of para-hydroxylation sites is 1. The van der Waals surface area contributed by atoms with E-state index in [9.17, 15) is 9.18 Å². The molecule has 2 aromatic rings. The van der Waals surface area contributed by atoms with Gasteiger partial charge in [0.1, 0.15) is 18.2 Å². The number of hydrogen-bond acceptors (Lipinski definition) is 2. The van der Waals surface area contributed by atoms with E-state index in [1.54, 1.807) is 12.1 Å². The Balaban J connectivity index is 1.76. The van der Waals surface area contributed by atoms with Crippen molar-refractivity contribution in [3.05, 3.63) is 65.0 Å². The number of benzene rings is 2. The van der Waals surface area contributed by atoms with Crippen molar-refractivity contribution in [3.8, 4) is 5.75 Å².